The van der Waals surface area contributed by atoms with E-state index in [4.69, 9.17) is 4.74 Å². The van der Waals surface area contributed by atoms with Crippen molar-refractivity contribution >= 4 is 41.3 Å². The first-order valence-corrected chi connectivity index (χ1v) is 9.18. The van der Waals surface area contributed by atoms with Crippen LogP contribution in [0.1, 0.15) is 29.3 Å². The third-order valence-electron chi connectivity index (χ3n) is 3.32. The molecule has 0 bridgehead atoms. The number of hydrogen-bond acceptors (Lipinski definition) is 4. The van der Waals surface area contributed by atoms with E-state index >= 15 is 0 Å². The zero-order chi connectivity index (χ0) is 17.2. The number of thiazole rings is 1. The molecule has 0 aliphatic carbocycles. The topological polar surface area (TPSA) is 58.5 Å². The van der Waals surface area contributed by atoms with Crippen molar-refractivity contribution in [2.24, 2.45) is 4.99 Å². The lowest BCUT2D eigenvalue weighted by Gasteiger charge is -2.12. The Labute approximate surface area is 171 Å². The Bertz CT molecular complexity index is 660. The van der Waals surface area contributed by atoms with E-state index in [0.717, 1.165) is 41.8 Å². The van der Waals surface area contributed by atoms with Gasteiger partial charge in [0.1, 0.15) is 5.75 Å². The van der Waals surface area contributed by atoms with E-state index < -0.39 is 0 Å². The average Bonchev–Trinajstić information content (AvgIpc) is 2.99. The summed E-state index contributed by atoms with van der Waals surface area (Å²) in [5, 5.41) is 7.79. The molecular weight excluding hydrogens is 447 g/mol. The van der Waals surface area contributed by atoms with E-state index in [1.807, 2.05) is 31.3 Å². The van der Waals surface area contributed by atoms with Gasteiger partial charge >= 0.3 is 0 Å². The number of guanidine groups is 1. The van der Waals surface area contributed by atoms with Crippen molar-refractivity contribution in [3.63, 3.8) is 0 Å². The molecular formula is C18H27IN4OS. The van der Waals surface area contributed by atoms with Crippen molar-refractivity contribution < 1.29 is 4.74 Å². The highest BCUT2D eigenvalue weighted by atomic mass is 127. The van der Waals surface area contributed by atoms with Crippen LogP contribution in [0.25, 0.3) is 0 Å². The maximum absolute atomic E-state index is 5.65. The number of aromatic nitrogens is 1. The minimum atomic E-state index is 0. The molecule has 2 N–H and O–H groups in total. The highest BCUT2D eigenvalue weighted by Crippen LogP contribution is 2.18. The lowest BCUT2D eigenvalue weighted by Crippen LogP contribution is -2.38. The predicted molar refractivity (Wildman–Crippen MR) is 116 cm³/mol. The molecule has 0 aliphatic heterocycles. The minimum Gasteiger partial charge on any atom is -0.494 e. The lowest BCUT2D eigenvalue weighted by atomic mass is 10.2. The fourth-order valence-electron chi connectivity index (χ4n) is 2.24. The summed E-state index contributed by atoms with van der Waals surface area (Å²) in [5.74, 6) is 1.72. The van der Waals surface area contributed by atoms with Crippen LogP contribution in [0.15, 0.2) is 35.5 Å². The summed E-state index contributed by atoms with van der Waals surface area (Å²) in [6, 6.07) is 8.03. The van der Waals surface area contributed by atoms with Crippen LogP contribution in [0.4, 0.5) is 0 Å². The normalized spacial score (nSPS) is 10.9. The Morgan fingerprint density at radius 1 is 1.24 bits per heavy atom. The molecule has 0 spiro atoms. The van der Waals surface area contributed by atoms with Crippen LogP contribution in [-0.2, 0) is 13.0 Å². The molecule has 5 nitrogen and oxygen atoms in total. The summed E-state index contributed by atoms with van der Waals surface area (Å²) >= 11 is 1.74. The summed E-state index contributed by atoms with van der Waals surface area (Å²) in [5.41, 5.74) is 1.09. The Kier molecular flexibility index (Phi) is 10.5. The number of rotatable bonds is 8. The van der Waals surface area contributed by atoms with Crippen molar-refractivity contribution in [1.82, 2.24) is 15.6 Å². The van der Waals surface area contributed by atoms with Crippen LogP contribution < -0.4 is 15.4 Å². The number of hydrogen-bond donors (Lipinski definition) is 2. The lowest BCUT2D eigenvalue weighted by molar-refractivity contribution is 0.336. The smallest absolute Gasteiger partial charge is 0.191 e. The molecule has 7 heteroatoms. The summed E-state index contributed by atoms with van der Waals surface area (Å²) in [6.07, 6.45) is 2.82. The zero-order valence-corrected chi connectivity index (χ0v) is 18.2. The predicted octanol–water partition coefficient (Wildman–Crippen LogP) is 3.77. The van der Waals surface area contributed by atoms with Gasteiger partial charge in [-0.05, 0) is 26.8 Å². The number of ether oxygens (including phenoxy) is 1. The SMILES string of the molecule is CCNC(=NCc1ccccc1OCC)NCCc1ncc(C)s1.I. The molecule has 0 unspecified atom stereocenters. The van der Waals surface area contributed by atoms with Gasteiger partial charge in [-0.3, -0.25) is 0 Å². The van der Waals surface area contributed by atoms with Gasteiger partial charge in [0.25, 0.3) is 0 Å². The van der Waals surface area contributed by atoms with E-state index in [9.17, 15) is 0 Å². The quantitative estimate of drug-likeness (QED) is 0.348. The molecule has 1 heterocycles. The van der Waals surface area contributed by atoms with Crippen molar-refractivity contribution in [2.45, 2.75) is 33.7 Å². The van der Waals surface area contributed by atoms with Gasteiger partial charge in [-0.2, -0.15) is 0 Å². The Morgan fingerprint density at radius 3 is 2.72 bits per heavy atom. The van der Waals surface area contributed by atoms with Crippen LogP contribution in [-0.4, -0.2) is 30.6 Å². The molecule has 0 saturated carbocycles. The van der Waals surface area contributed by atoms with Crippen molar-refractivity contribution in [2.75, 3.05) is 19.7 Å². The molecule has 0 aliphatic rings. The van der Waals surface area contributed by atoms with Crippen molar-refractivity contribution in [3.8, 4) is 5.75 Å². The molecule has 0 amide bonds. The summed E-state index contributed by atoms with van der Waals surface area (Å²) in [4.78, 5) is 10.3. The van der Waals surface area contributed by atoms with Crippen LogP contribution in [0.3, 0.4) is 0 Å². The maximum atomic E-state index is 5.65. The van der Waals surface area contributed by atoms with Crippen LogP contribution in [0.5, 0.6) is 5.75 Å². The van der Waals surface area contributed by atoms with E-state index in [1.54, 1.807) is 11.3 Å². The Balaban J connectivity index is 0.00000312. The molecule has 1 aromatic heterocycles. The Morgan fingerprint density at radius 2 is 2.04 bits per heavy atom. The second-order valence-electron chi connectivity index (χ2n) is 5.28. The molecule has 2 rings (SSSR count). The molecule has 0 saturated heterocycles. The molecule has 1 aromatic carbocycles. The number of aliphatic imine (C=N–C) groups is 1. The molecule has 0 radical (unpaired) electrons. The fourth-order valence-corrected chi connectivity index (χ4v) is 3.03. The number of aryl methyl sites for hydroxylation is 1. The second kappa shape index (κ2) is 12.1. The first-order chi connectivity index (χ1) is 11.7. The van der Waals surface area contributed by atoms with Gasteiger partial charge in [0.05, 0.1) is 18.2 Å². The summed E-state index contributed by atoms with van der Waals surface area (Å²) in [6.45, 7) is 9.02. The van der Waals surface area contributed by atoms with E-state index in [2.05, 4.69) is 40.5 Å². The highest BCUT2D eigenvalue weighted by molar-refractivity contribution is 14.0. The fraction of sp³-hybridized carbons (Fsp3) is 0.444. The van der Waals surface area contributed by atoms with Gasteiger partial charge in [0.2, 0.25) is 0 Å². The third kappa shape index (κ3) is 7.60. The highest BCUT2D eigenvalue weighted by Gasteiger charge is 2.04. The number of halogens is 1. The molecule has 0 atom stereocenters. The van der Waals surface area contributed by atoms with Gasteiger partial charge in [0.15, 0.2) is 5.96 Å². The summed E-state index contributed by atoms with van der Waals surface area (Å²) < 4.78 is 5.65. The second-order valence-corrected chi connectivity index (χ2v) is 6.60. The first kappa shape index (κ1) is 21.7. The number of nitrogens with one attached hydrogen (secondary N) is 2. The van der Waals surface area contributed by atoms with Crippen LogP contribution in [0, 0.1) is 6.92 Å². The molecule has 138 valence electrons. The van der Waals surface area contributed by atoms with Gasteiger partial charge < -0.3 is 15.4 Å². The average molecular weight is 474 g/mol. The number of para-hydroxylation sites is 1. The van der Waals surface area contributed by atoms with Crippen LogP contribution in [0.2, 0.25) is 0 Å². The Hall–Kier alpha value is -1.35. The van der Waals surface area contributed by atoms with E-state index in [-0.39, 0.29) is 24.0 Å². The van der Waals surface area contributed by atoms with Crippen molar-refractivity contribution in [3.05, 3.63) is 45.9 Å². The van der Waals surface area contributed by atoms with Crippen molar-refractivity contribution in [1.29, 1.82) is 0 Å². The van der Waals surface area contributed by atoms with Crippen LogP contribution >= 0.6 is 35.3 Å². The number of benzene rings is 1. The maximum Gasteiger partial charge on any atom is 0.191 e. The van der Waals surface area contributed by atoms with Gasteiger partial charge in [-0.15, -0.1) is 35.3 Å². The largest absolute Gasteiger partial charge is 0.494 e. The summed E-state index contributed by atoms with van der Waals surface area (Å²) in [7, 11) is 0. The molecule has 2 aromatic rings. The standard InChI is InChI=1S/C18H26N4OS.HI/c1-4-19-18(20-11-10-17-21-12-14(3)24-17)22-13-15-8-6-7-9-16(15)23-5-2;/h6-9,12H,4-5,10-11,13H2,1-3H3,(H2,19,20,22);1H. The number of nitrogens with zero attached hydrogens (tertiary/aromatic N) is 2. The molecule has 25 heavy (non-hydrogen) atoms. The molecule has 0 fully saturated rings. The van der Waals surface area contributed by atoms with Gasteiger partial charge in [0, 0.05) is 36.1 Å². The van der Waals surface area contributed by atoms with Gasteiger partial charge in [-0.1, -0.05) is 18.2 Å². The van der Waals surface area contributed by atoms with E-state index in [1.165, 1.54) is 4.88 Å². The minimum absolute atomic E-state index is 0. The first-order valence-electron chi connectivity index (χ1n) is 8.37. The van der Waals surface area contributed by atoms with Gasteiger partial charge in [-0.25, -0.2) is 9.98 Å². The monoisotopic (exact) mass is 474 g/mol. The van der Waals surface area contributed by atoms with E-state index in [0.29, 0.717) is 13.2 Å². The zero-order valence-electron chi connectivity index (χ0n) is 15.0. The third-order valence-corrected chi connectivity index (χ3v) is 4.30.